The van der Waals surface area contributed by atoms with Gasteiger partial charge in [0.1, 0.15) is 5.75 Å². The predicted molar refractivity (Wildman–Crippen MR) is 82.9 cm³/mol. The maximum absolute atomic E-state index is 12.6. The Morgan fingerprint density at radius 2 is 2.16 bits per heavy atom. The molecule has 1 atom stereocenters. The van der Waals surface area contributed by atoms with Crippen LogP contribution in [0.1, 0.15) is 19.8 Å². The van der Waals surface area contributed by atoms with Crippen LogP contribution < -0.4 is 4.74 Å². The Bertz CT molecular complexity index is 559. The van der Waals surface area contributed by atoms with Crippen molar-refractivity contribution in [2.24, 2.45) is 5.92 Å². The van der Waals surface area contributed by atoms with Gasteiger partial charge in [0.15, 0.2) is 0 Å². The molecule has 1 heterocycles. The number of hydrogen-bond donors (Lipinski definition) is 0. The zero-order valence-corrected chi connectivity index (χ0v) is 14.1. The minimum atomic E-state index is -3.37. The lowest BCUT2D eigenvalue weighted by atomic mass is 10.0. The van der Waals surface area contributed by atoms with Gasteiger partial charge in [0.05, 0.1) is 15.6 Å². The molecule has 1 fully saturated rings. The Balaban J connectivity index is 2.31. The summed E-state index contributed by atoms with van der Waals surface area (Å²) in [5, 5.41) is 0. The van der Waals surface area contributed by atoms with E-state index in [1.165, 1.54) is 0 Å². The molecule has 106 valence electrons. The van der Waals surface area contributed by atoms with Crippen molar-refractivity contribution in [1.29, 1.82) is 0 Å². The van der Waals surface area contributed by atoms with Crippen LogP contribution in [0.25, 0.3) is 0 Å². The maximum atomic E-state index is 12.6. The summed E-state index contributed by atoms with van der Waals surface area (Å²) in [7, 11) is -1.79. The van der Waals surface area contributed by atoms with Gasteiger partial charge in [-0.05, 0) is 59.5 Å². The first kappa shape index (κ1) is 15.1. The normalized spacial score (nSPS) is 21.3. The molecule has 0 saturated carbocycles. The second-order valence-electron chi connectivity index (χ2n) is 4.91. The molecule has 1 aromatic carbocycles. The first-order valence-electron chi connectivity index (χ1n) is 6.29. The Hall–Kier alpha value is -0.340. The molecule has 2 rings (SSSR count). The highest BCUT2D eigenvalue weighted by atomic mass is 127. The van der Waals surface area contributed by atoms with E-state index in [1.807, 2.05) is 0 Å². The Labute approximate surface area is 128 Å². The third-order valence-corrected chi connectivity index (χ3v) is 6.08. The fraction of sp³-hybridized carbons (Fsp3) is 0.538. The van der Waals surface area contributed by atoms with Crippen molar-refractivity contribution in [3.8, 4) is 5.75 Å². The van der Waals surface area contributed by atoms with E-state index >= 15 is 0 Å². The summed E-state index contributed by atoms with van der Waals surface area (Å²) in [6.07, 6.45) is 2.04. The molecule has 0 spiro atoms. The van der Waals surface area contributed by atoms with E-state index in [4.69, 9.17) is 4.74 Å². The van der Waals surface area contributed by atoms with Crippen LogP contribution in [-0.2, 0) is 10.0 Å². The van der Waals surface area contributed by atoms with E-state index in [2.05, 4.69) is 29.5 Å². The average molecular weight is 395 g/mol. The first-order valence-corrected chi connectivity index (χ1v) is 8.80. The van der Waals surface area contributed by atoms with Crippen LogP contribution in [0.5, 0.6) is 5.75 Å². The van der Waals surface area contributed by atoms with Crippen LogP contribution in [0.15, 0.2) is 23.1 Å². The van der Waals surface area contributed by atoms with E-state index in [0.29, 0.717) is 29.7 Å². The summed E-state index contributed by atoms with van der Waals surface area (Å²) < 4.78 is 32.7. The number of hydrogen-bond acceptors (Lipinski definition) is 3. The summed E-state index contributed by atoms with van der Waals surface area (Å²) in [4.78, 5) is 0.354. The van der Waals surface area contributed by atoms with E-state index in [0.717, 1.165) is 16.4 Å². The molecule has 1 aliphatic rings. The lowest BCUT2D eigenvalue weighted by Crippen LogP contribution is -2.39. The zero-order valence-electron chi connectivity index (χ0n) is 11.1. The van der Waals surface area contributed by atoms with Gasteiger partial charge < -0.3 is 4.74 Å². The number of benzene rings is 1. The van der Waals surface area contributed by atoms with Crippen LogP contribution >= 0.6 is 22.6 Å². The fourth-order valence-electron chi connectivity index (χ4n) is 2.32. The molecular weight excluding hydrogens is 377 g/mol. The smallest absolute Gasteiger partial charge is 0.243 e. The minimum absolute atomic E-state index is 0.354. The Kier molecular flexibility index (Phi) is 4.73. The van der Waals surface area contributed by atoms with Gasteiger partial charge >= 0.3 is 0 Å². The highest BCUT2D eigenvalue weighted by Crippen LogP contribution is 2.28. The number of methoxy groups -OCH3 is 1. The maximum Gasteiger partial charge on any atom is 0.243 e. The first-order chi connectivity index (χ1) is 8.95. The molecule has 0 unspecified atom stereocenters. The highest BCUT2D eigenvalue weighted by molar-refractivity contribution is 14.1. The Morgan fingerprint density at radius 3 is 2.74 bits per heavy atom. The van der Waals surface area contributed by atoms with Crippen molar-refractivity contribution < 1.29 is 13.2 Å². The van der Waals surface area contributed by atoms with E-state index in [-0.39, 0.29) is 0 Å². The van der Waals surface area contributed by atoms with Gasteiger partial charge in [-0.3, -0.25) is 0 Å². The van der Waals surface area contributed by atoms with Crippen molar-refractivity contribution >= 4 is 32.6 Å². The van der Waals surface area contributed by atoms with Gasteiger partial charge in [-0.1, -0.05) is 6.92 Å². The zero-order chi connectivity index (χ0) is 14.0. The van der Waals surface area contributed by atoms with Gasteiger partial charge in [0.2, 0.25) is 10.0 Å². The van der Waals surface area contributed by atoms with Gasteiger partial charge in [0.25, 0.3) is 0 Å². The third-order valence-electron chi connectivity index (χ3n) is 3.38. The monoisotopic (exact) mass is 395 g/mol. The van der Waals surface area contributed by atoms with Gasteiger partial charge in [-0.2, -0.15) is 4.31 Å². The summed E-state index contributed by atoms with van der Waals surface area (Å²) in [5.74, 6) is 1.13. The van der Waals surface area contributed by atoms with Crippen molar-refractivity contribution in [2.45, 2.75) is 24.7 Å². The van der Waals surface area contributed by atoms with Crippen molar-refractivity contribution in [2.75, 3.05) is 20.2 Å². The molecule has 4 nitrogen and oxygen atoms in total. The molecule has 0 N–H and O–H groups in total. The molecule has 1 aliphatic heterocycles. The van der Waals surface area contributed by atoms with Crippen LogP contribution in [0.3, 0.4) is 0 Å². The Morgan fingerprint density at radius 1 is 1.42 bits per heavy atom. The standard InChI is InChI=1S/C13H18INO3S/c1-10-4-3-7-15(9-10)19(16,17)11-5-6-13(18-2)12(14)8-11/h5-6,8,10H,3-4,7,9H2,1-2H3/t10-/m1/s1. The molecular formula is C13H18INO3S. The average Bonchev–Trinajstić information content (AvgIpc) is 2.38. The second-order valence-corrected chi connectivity index (χ2v) is 8.01. The molecule has 0 aromatic heterocycles. The van der Waals surface area contributed by atoms with Gasteiger partial charge in [0, 0.05) is 13.1 Å². The number of sulfonamides is 1. The minimum Gasteiger partial charge on any atom is -0.496 e. The molecule has 0 radical (unpaired) electrons. The lowest BCUT2D eigenvalue weighted by Gasteiger charge is -2.30. The van der Waals surface area contributed by atoms with Crippen molar-refractivity contribution in [3.63, 3.8) is 0 Å². The van der Waals surface area contributed by atoms with Crippen LogP contribution in [0.4, 0.5) is 0 Å². The SMILES string of the molecule is COc1ccc(S(=O)(=O)N2CCC[C@@H](C)C2)cc1I. The quantitative estimate of drug-likeness (QED) is 0.740. The third kappa shape index (κ3) is 3.22. The van der Waals surface area contributed by atoms with E-state index in [9.17, 15) is 8.42 Å². The number of piperidine rings is 1. The van der Waals surface area contributed by atoms with Crippen molar-refractivity contribution in [3.05, 3.63) is 21.8 Å². The molecule has 1 saturated heterocycles. The van der Waals surface area contributed by atoms with Crippen LogP contribution in [0, 0.1) is 9.49 Å². The summed E-state index contributed by atoms with van der Waals surface area (Å²) in [6.45, 7) is 3.33. The van der Waals surface area contributed by atoms with Gasteiger partial charge in [-0.15, -0.1) is 0 Å². The molecule has 1 aromatic rings. The highest BCUT2D eigenvalue weighted by Gasteiger charge is 2.28. The number of rotatable bonds is 3. The van der Waals surface area contributed by atoms with E-state index in [1.54, 1.807) is 29.6 Å². The number of nitrogens with zero attached hydrogens (tertiary/aromatic N) is 1. The molecule has 19 heavy (non-hydrogen) atoms. The molecule has 0 aliphatic carbocycles. The van der Waals surface area contributed by atoms with Crippen LogP contribution in [-0.4, -0.2) is 32.9 Å². The van der Waals surface area contributed by atoms with E-state index < -0.39 is 10.0 Å². The number of halogens is 1. The summed E-state index contributed by atoms with van der Waals surface area (Å²) in [5.41, 5.74) is 0. The van der Waals surface area contributed by atoms with Crippen molar-refractivity contribution in [1.82, 2.24) is 4.31 Å². The second kappa shape index (κ2) is 5.97. The van der Waals surface area contributed by atoms with Gasteiger partial charge in [-0.25, -0.2) is 8.42 Å². The lowest BCUT2D eigenvalue weighted by molar-refractivity contribution is 0.281. The molecule has 0 bridgehead atoms. The van der Waals surface area contributed by atoms with Crippen LogP contribution in [0.2, 0.25) is 0 Å². The topological polar surface area (TPSA) is 46.6 Å². The molecule has 0 amide bonds. The number of ether oxygens (including phenoxy) is 1. The summed E-state index contributed by atoms with van der Waals surface area (Å²) >= 11 is 2.09. The molecule has 6 heteroatoms. The summed E-state index contributed by atoms with van der Waals surface area (Å²) in [6, 6.07) is 5.01. The predicted octanol–water partition coefficient (Wildman–Crippen LogP) is 2.72. The fourth-order valence-corrected chi connectivity index (χ4v) is 4.89. The largest absolute Gasteiger partial charge is 0.496 e.